The number of imidazole rings is 2. The Kier molecular flexibility index (Phi) is 3.61. The van der Waals surface area contributed by atoms with Crippen LogP contribution in [-0.4, -0.2) is 18.8 Å². The highest BCUT2D eigenvalue weighted by molar-refractivity contribution is 6.27. The molecule has 0 aliphatic heterocycles. The van der Waals surface area contributed by atoms with Crippen molar-refractivity contribution in [1.29, 1.82) is 0 Å². The number of pyridine rings is 2. The van der Waals surface area contributed by atoms with Gasteiger partial charge < -0.3 is 0 Å². The predicted molar refractivity (Wildman–Crippen MR) is 140 cm³/mol. The average molecular weight is 457 g/mol. The third-order valence-electron chi connectivity index (χ3n) is 7.59. The number of allylic oxidation sites excluding steroid dienone is 4. The van der Waals surface area contributed by atoms with Gasteiger partial charge in [0.05, 0.1) is 22.8 Å². The maximum absolute atomic E-state index is 13.9. The molecule has 0 amide bonds. The zero-order chi connectivity index (χ0) is 23.3. The third kappa shape index (κ3) is 2.34. The Morgan fingerprint density at radius 3 is 2.20 bits per heavy atom. The minimum absolute atomic E-state index is 0.0677. The Balaban J connectivity index is 1.59. The molecule has 4 aromatic heterocycles. The highest BCUT2D eigenvalue weighted by atomic mass is 16.1. The summed E-state index contributed by atoms with van der Waals surface area (Å²) in [5.74, 6) is 0. The van der Waals surface area contributed by atoms with Crippen molar-refractivity contribution in [2.45, 2.75) is 32.1 Å². The monoisotopic (exact) mass is 456 g/mol. The summed E-state index contributed by atoms with van der Waals surface area (Å²) in [5.41, 5.74) is 4.72. The van der Waals surface area contributed by atoms with E-state index in [4.69, 9.17) is 9.97 Å². The van der Waals surface area contributed by atoms with Crippen molar-refractivity contribution < 1.29 is 0 Å². The van der Waals surface area contributed by atoms with Gasteiger partial charge in [-0.1, -0.05) is 24.3 Å². The van der Waals surface area contributed by atoms with Crippen molar-refractivity contribution >= 4 is 55.8 Å². The van der Waals surface area contributed by atoms with Gasteiger partial charge in [0.25, 0.3) is 11.1 Å². The molecule has 0 spiro atoms. The summed E-state index contributed by atoms with van der Waals surface area (Å²) >= 11 is 0. The summed E-state index contributed by atoms with van der Waals surface area (Å²) in [6.07, 6.45) is 16.8. The van der Waals surface area contributed by atoms with Crippen LogP contribution in [0.4, 0.5) is 0 Å². The van der Waals surface area contributed by atoms with Crippen molar-refractivity contribution in [3.63, 3.8) is 0 Å². The molecule has 2 aromatic carbocycles. The smallest absolute Gasteiger partial charge is 0.264 e. The van der Waals surface area contributed by atoms with Crippen LogP contribution in [0.3, 0.4) is 0 Å². The molecule has 0 saturated heterocycles. The molecular weight excluding hydrogens is 436 g/mol. The molecular formula is C29H20N4O2. The summed E-state index contributed by atoms with van der Waals surface area (Å²) in [6, 6.07) is 7.71. The topological polar surface area (TPSA) is 68.7 Å². The number of hydrogen-bond acceptors (Lipinski definition) is 4. The van der Waals surface area contributed by atoms with Gasteiger partial charge in [-0.15, -0.1) is 0 Å². The van der Waals surface area contributed by atoms with Crippen LogP contribution in [0.15, 0.2) is 58.2 Å². The molecule has 4 heterocycles. The fraction of sp³-hybridized carbons (Fsp3) is 0.172. The van der Waals surface area contributed by atoms with E-state index in [-0.39, 0.29) is 11.1 Å². The fourth-order valence-electron chi connectivity index (χ4n) is 6.03. The van der Waals surface area contributed by atoms with Gasteiger partial charge in [0, 0.05) is 38.7 Å². The van der Waals surface area contributed by atoms with Crippen molar-refractivity contribution in [1.82, 2.24) is 18.8 Å². The molecule has 0 unspecified atom stereocenters. The van der Waals surface area contributed by atoms with Gasteiger partial charge in [0.2, 0.25) is 0 Å². The van der Waals surface area contributed by atoms with Gasteiger partial charge in [0.15, 0.2) is 0 Å². The van der Waals surface area contributed by atoms with E-state index in [9.17, 15) is 9.59 Å². The van der Waals surface area contributed by atoms with Crippen LogP contribution < -0.4 is 11.1 Å². The molecule has 8 rings (SSSR count). The van der Waals surface area contributed by atoms with Crippen LogP contribution in [0, 0.1) is 0 Å². The number of hydrogen-bond donors (Lipinski definition) is 0. The lowest BCUT2D eigenvalue weighted by Crippen LogP contribution is -2.18. The van der Waals surface area contributed by atoms with Crippen LogP contribution in [0.2, 0.25) is 0 Å². The van der Waals surface area contributed by atoms with E-state index in [0.717, 1.165) is 70.0 Å². The molecule has 2 aliphatic carbocycles. The Morgan fingerprint density at radius 1 is 0.714 bits per heavy atom. The fourth-order valence-corrected chi connectivity index (χ4v) is 6.03. The first-order valence-corrected chi connectivity index (χ1v) is 12.1. The van der Waals surface area contributed by atoms with Gasteiger partial charge in [0.1, 0.15) is 11.3 Å². The first-order valence-electron chi connectivity index (χ1n) is 12.1. The molecule has 6 aromatic rings. The number of aromatic nitrogens is 4. The number of fused-ring (bicyclic) bond motifs is 8. The number of benzene rings is 2. The highest BCUT2D eigenvalue weighted by Crippen LogP contribution is 2.36. The molecule has 0 fully saturated rings. The zero-order valence-electron chi connectivity index (χ0n) is 18.9. The van der Waals surface area contributed by atoms with E-state index in [1.54, 1.807) is 8.80 Å². The van der Waals surface area contributed by atoms with E-state index in [1.807, 2.05) is 48.6 Å². The van der Waals surface area contributed by atoms with E-state index in [1.165, 1.54) is 0 Å². The first-order chi connectivity index (χ1) is 17.2. The van der Waals surface area contributed by atoms with Gasteiger partial charge in [-0.05, 0) is 62.1 Å². The Hall–Kier alpha value is -4.32. The minimum atomic E-state index is -0.108. The second kappa shape index (κ2) is 6.63. The van der Waals surface area contributed by atoms with E-state index in [2.05, 4.69) is 12.2 Å². The van der Waals surface area contributed by atoms with Gasteiger partial charge in [-0.3, -0.25) is 18.4 Å². The van der Waals surface area contributed by atoms with Crippen LogP contribution in [0.25, 0.3) is 55.8 Å². The van der Waals surface area contributed by atoms with E-state index in [0.29, 0.717) is 28.5 Å². The van der Waals surface area contributed by atoms with Crippen LogP contribution >= 0.6 is 0 Å². The SMILES string of the molecule is O=c1c2ccc3c(=O)n4c5c(nc4c4ccc(c2c34)c2nc3c(n12)C=CCC=C3)CCC/C=C\C5. The predicted octanol–water partition coefficient (Wildman–Crippen LogP) is 4.90. The molecule has 35 heavy (non-hydrogen) atoms. The van der Waals surface area contributed by atoms with Crippen LogP contribution in [0.1, 0.15) is 42.0 Å². The van der Waals surface area contributed by atoms with Crippen molar-refractivity contribution in [2.24, 2.45) is 0 Å². The zero-order valence-corrected chi connectivity index (χ0v) is 18.9. The minimum Gasteiger partial charge on any atom is -0.268 e. The lowest BCUT2D eigenvalue weighted by Gasteiger charge is -2.12. The number of nitrogens with zero attached hydrogens (tertiary/aromatic N) is 4. The standard InChI is InChI=1S/C29H20N4O2/c34-28-18-14-15-19-25-17(27-31-21-9-5-3-7-11-23(21)33(27)29(19)35)13-12-16(24(18)25)26-30-20-8-4-1-2-6-10-22(20)32(26)28/h2,5-7,9,11-15H,1,3-4,8,10H2/b6-2-. The third-order valence-corrected chi connectivity index (χ3v) is 7.59. The lowest BCUT2D eigenvalue weighted by molar-refractivity contribution is 0.796. The van der Waals surface area contributed by atoms with Crippen molar-refractivity contribution in [3.05, 3.63) is 92.1 Å². The Morgan fingerprint density at radius 2 is 1.40 bits per heavy atom. The summed E-state index contributed by atoms with van der Waals surface area (Å²) in [5, 5.41) is 4.63. The molecule has 2 aliphatic rings. The molecule has 0 N–H and O–H groups in total. The summed E-state index contributed by atoms with van der Waals surface area (Å²) in [4.78, 5) is 37.5. The quantitative estimate of drug-likeness (QED) is 0.241. The van der Waals surface area contributed by atoms with E-state index < -0.39 is 0 Å². The molecule has 6 nitrogen and oxygen atoms in total. The molecule has 6 heteroatoms. The Bertz CT molecular complexity index is 2070. The van der Waals surface area contributed by atoms with Crippen molar-refractivity contribution in [2.75, 3.05) is 0 Å². The largest absolute Gasteiger partial charge is 0.268 e. The first kappa shape index (κ1) is 19.0. The highest BCUT2D eigenvalue weighted by Gasteiger charge is 2.24. The summed E-state index contributed by atoms with van der Waals surface area (Å²) in [6.45, 7) is 0. The Labute approximate surface area is 198 Å². The number of rotatable bonds is 0. The van der Waals surface area contributed by atoms with Gasteiger partial charge in [-0.25, -0.2) is 9.97 Å². The molecule has 0 saturated carbocycles. The normalized spacial score (nSPS) is 16.8. The van der Waals surface area contributed by atoms with E-state index >= 15 is 0 Å². The maximum Gasteiger partial charge on any atom is 0.264 e. The molecule has 0 bridgehead atoms. The van der Waals surface area contributed by atoms with Crippen LogP contribution in [-0.2, 0) is 12.8 Å². The molecule has 0 radical (unpaired) electrons. The van der Waals surface area contributed by atoms with Crippen LogP contribution in [0.5, 0.6) is 0 Å². The number of aryl methyl sites for hydroxylation is 1. The second-order valence-corrected chi connectivity index (χ2v) is 9.50. The molecule has 0 atom stereocenters. The average Bonchev–Trinajstić information content (AvgIpc) is 3.30. The van der Waals surface area contributed by atoms with Gasteiger partial charge in [-0.2, -0.15) is 0 Å². The van der Waals surface area contributed by atoms with Gasteiger partial charge >= 0.3 is 0 Å². The summed E-state index contributed by atoms with van der Waals surface area (Å²) in [7, 11) is 0. The molecule has 168 valence electrons. The second-order valence-electron chi connectivity index (χ2n) is 9.50. The summed E-state index contributed by atoms with van der Waals surface area (Å²) < 4.78 is 3.51. The maximum atomic E-state index is 13.9. The van der Waals surface area contributed by atoms with Crippen molar-refractivity contribution in [3.8, 4) is 0 Å². The lowest BCUT2D eigenvalue weighted by atomic mass is 9.96.